The molecule has 0 radical (unpaired) electrons. The van der Waals surface area contributed by atoms with Crippen molar-refractivity contribution >= 4 is 69.6 Å². The highest BCUT2D eigenvalue weighted by Gasteiger charge is 2.51. The molecule has 8 rings (SSSR count). The van der Waals surface area contributed by atoms with E-state index in [1.807, 2.05) is 0 Å². The number of ether oxygens (including phenoxy) is 8. The van der Waals surface area contributed by atoms with Crippen molar-refractivity contribution in [2.45, 2.75) is 170 Å². The fraction of sp³-hybridized carbons (Fsp3) is 0.563. The maximum atomic E-state index is 15.0. The van der Waals surface area contributed by atoms with Crippen molar-refractivity contribution in [1.82, 2.24) is 15.1 Å². The van der Waals surface area contributed by atoms with Gasteiger partial charge in [-0.25, -0.2) is 9.79 Å². The number of allylic oxidation sites excluding steroid dienone is 2. The number of hydrogen-bond acceptors (Lipinski definition) is 23. The summed E-state index contributed by atoms with van der Waals surface area (Å²) in [4.78, 5) is 133. The number of likely N-dealkylation sites (tertiary alicyclic amines) is 1. The van der Waals surface area contributed by atoms with E-state index in [0.717, 1.165) is 11.4 Å². The molecule has 5 aliphatic heterocycles. The third kappa shape index (κ3) is 17.9. The van der Waals surface area contributed by atoms with E-state index in [9.17, 15) is 53.7 Å². The number of anilines is 1. The van der Waals surface area contributed by atoms with E-state index in [1.165, 1.54) is 80.2 Å². The first-order valence-corrected chi connectivity index (χ1v) is 32.9. The van der Waals surface area contributed by atoms with Gasteiger partial charge in [-0.1, -0.05) is 78.8 Å². The zero-order chi connectivity index (χ0) is 71.5. The summed E-state index contributed by atoms with van der Waals surface area (Å²) in [6.45, 7) is 21.8. The van der Waals surface area contributed by atoms with Crippen LogP contribution in [0.2, 0.25) is 0 Å². The number of likely N-dealkylation sites (N-methyl/N-ethyl adjacent to an activating group) is 1. The molecule has 5 heterocycles. The summed E-state index contributed by atoms with van der Waals surface area (Å²) >= 11 is 0. The number of rotatable bonds is 21. The molecule has 1 fully saturated rings. The Hall–Kier alpha value is -8.75. The van der Waals surface area contributed by atoms with Crippen LogP contribution in [0.25, 0.3) is 10.8 Å². The van der Waals surface area contributed by atoms with E-state index >= 15 is 4.79 Å². The van der Waals surface area contributed by atoms with Gasteiger partial charge in [0.05, 0.1) is 47.6 Å². The lowest BCUT2D eigenvalue weighted by Crippen LogP contribution is -2.51. The molecule has 10 unspecified atom stereocenters. The lowest BCUT2D eigenvalue weighted by Gasteiger charge is -2.39. The molecule has 26 nitrogen and oxygen atoms in total. The predicted octanol–water partition coefficient (Wildman–Crippen LogP) is 6.96. The second kappa shape index (κ2) is 32.5. The van der Waals surface area contributed by atoms with Gasteiger partial charge in [-0.05, 0) is 70.2 Å². The zero-order valence-corrected chi connectivity index (χ0v) is 58.1. The molecule has 5 aliphatic rings. The molecule has 26 heteroatoms. The van der Waals surface area contributed by atoms with Crippen LogP contribution in [-0.2, 0) is 68.4 Å². The molecule has 3 aromatic rings. The number of carbonyl (C=O) groups excluding carboxylic acids is 9. The van der Waals surface area contributed by atoms with Gasteiger partial charge in [0.15, 0.2) is 5.75 Å². The van der Waals surface area contributed by atoms with Gasteiger partial charge in [-0.2, -0.15) is 0 Å². The Morgan fingerprint density at radius 3 is 2.14 bits per heavy atom. The van der Waals surface area contributed by atoms with Crippen LogP contribution in [0.4, 0.5) is 10.5 Å². The number of Topliss-reactive ketones (excluding diaryl/α,β-unsaturated/α-hetero) is 3. The van der Waals surface area contributed by atoms with E-state index < -0.39 is 138 Å². The van der Waals surface area contributed by atoms with Crippen LogP contribution in [-0.4, -0.2) is 174 Å². The number of hydrogen-bond donors (Lipinski definition) is 5. The molecule has 0 aromatic heterocycles. The number of alkyl carbamates (subject to hydrolysis) is 1. The highest BCUT2D eigenvalue weighted by Crippen LogP contribution is 2.51. The fourth-order valence-electron chi connectivity index (χ4n) is 12.9. The number of piperidine rings is 1. The predicted molar refractivity (Wildman–Crippen MR) is 354 cm³/mol. The number of ketones is 3. The Kier molecular flexibility index (Phi) is 25.4. The van der Waals surface area contributed by atoms with Gasteiger partial charge < -0.3 is 73.6 Å². The molecule has 5 N–H and O–H groups in total. The Morgan fingerprint density at radius 2 is 1.53 bits per heavy atom. The summed E-state index contributed by atoms with van der Waals surface area (Å²) in [6.07, 6.45) is 3.15. The number of phenols is 2. The van der Waals surface area contributed by atoms with Crippen LogP contribution in [0.5, 0.6) is 23.0 Å². The zero-order valence-electron chi connectivity index (χ0n) is 58.1. The lowest BCUT2D eigenvalue weighted by molar-refractivity contribution is -0.167. The number of carbonyl (C=O) groups is 9. The third-order valence-corrected chi connectivity index (χ3v) is 18.4. The SMILES string of the molecule is CCC(=O)OCOC(=O)NC(Cc1ccc(OCCCC(C(C)=O)C(C)=O)cc1)C(=O)N(C)CC(=O)OC1C(C)C=C/C=C(/C)C(=O)N=c2c(O)c3c(O)c(C)c4c(c3c3c2=NC2(CCN(CC(C)C)CC2)N3)C(=O)C(C)(OC=CC(OC)C(C)C(OC(C)=O)C(C)C(O)C1C)O4. The molecule has 3 amide bonds. The molecule has 1 spiro atoms. The molecule has 97 heavy (non-hydrogen) atoms. The van der Waals surface area contributed by atoms with Crippen LogP contribution >= 0.6 is 0 Å². The van der Waals surface area contributed by atoms with Crippen LogP contribution in [0.3, 0.4) is 0 Å². The lowest BCUT2D eigenvalue weighted by atomic mass is 9.78. The van der Waals surface area contributed by atoms with Crippen LogP contribution < -0.4 is 30.8 Å². The van der Waals surface area contributed by atoms with E-state index in [-0.39, 0.29) is 80.6 Å². The highest BCUT2D eigenvalue weighted by molar-refractivity contribution is 6.21. The normalized spacial score (nSPS) is 24.2. The molecule has 10 atom stereocenters. The maximum absolute atomic E-state index is 15.0. The average molecular weight is 1350 g/mol. The Labute approximate surface area is 564 Å². The van der Waals surface area contributed by atoms with Crippen molar-refractivity contribution in [3.05, 3.63) is 87.8 Å². The van der Waals surface area contributed by atoms with E-state index in [1.54, 1.807) is 65.0 Å². The number of fused-ring (bicyclic) bond motifs is 13. The summed E-state index contributed by atoms with van der Waals surface area (Å²) in [6, 6.07) is 5.19. The number of aromatic hydroxyl groups is 2. The molecule has 5 bridgehead atoms. The standard InChI is InChI=1S/C71H94N6O20/c1-16-52(81)92-36-93-69(89)72-50(33-47-22-24-48(25-23-47)91-31-18-21-49(44(10)78)45(11)79)68(88)76(14)35-53(82)96-63-38(4)19-17-20-39(5)67(87)73-59-58-57(74-71(75-58)27-29-77(30-28-71)34-37(2)3)54-55(62(59)85)61(84)43(9)65-56(54)66(86)70(13,97-65)94-32-26-51(90-15)40(6)64(95-46(12)80)42(8)60(83)41(63)7/h17,19-20,22-26,32,37-38,40-42,49-51,60,63-64,74,83-85H,16,18,21,27-31,33-36H2,1-15H3,(H,72,89)/b19-17?,32-26?,39-20-,73-59?. The van der Waals surface area contributed by atoms with Crippen molar-refractivity contribution in [2.24, 2.45) is 45.5 Å². The quantitative estimate of drug-likeness (QED) is 0.0180. The second-order valence-corrected chi connectivity index (χ2v) is 26.4. The molecule has 0 aliphatic carbocycles. The van der Waals surface area contributed by atoms with Crippen molar-refractivity contribution < 1.29 is 96.4 Å². The minimum Gasteiger partial charge on any atom is -0.507 e. The van der Waals surface area contributed by atoms with Gasteiger partial charge in [-0.3, -0.25) is 43.3 Å². The van der Waals surface area contributed by atoms with Crippen molar-refractivity contribution in [3.8, 4) is 23.0 Å². The van der Waals surface area contributed by atoms with Crippen molar-refractivity contribution in [3.63, 3.8) is 0 Å². The summed E-state index contributed by atoms with van der Waals surface area (Å²) in [7, 11) is 2.72. The number of methoxy groups -OCH3 is 1. The number of amides is 3. The summed E-state index contributed by atoms with van der Waals surface area (Å²) in [5.74, 6) is -11.4. The topological polar surface area (TPSA) is 343 Å². The molecular formula is C71H94N6O20. The minimum absolute atomic E-state index is 0.00825. The first-order valence-electron chi connectivity index (χ1n) is 32.9. The number of benzene rings is 3. The second-order valence-electron chi connectivity index (χ2n) is 26.4. The Balaban J connectivity index is 1.24. The molecule has 1 saturated heterocycles. The summed E-state index contributed by atoms with van der Waals surface area (Å²) in [5.41, 5.74) is -0.0382. The van der Waals surface area contributed by atoms with Gasteiger partial charge >= 0.3 is 29.8 Å². The third-order valence-electron chi connectivity index (χ3n) is 18.4. The first kappa shape index (κ1) is 75.6. The molecular weight excluding hydrogens is 1260 g/mol. The number of nitrogens with one attached hydrogen (secondary N) is 2. The van der Waals surface area contributed by atoms with E-state index in [4.69, 9.17) is 42.9 Å². The van der Waals surface area contributed by atoms with Gasteiger partial charge in [0.25, 0.3) is 11.7 Å². The van der Waals surface area contributed by atoms with Crippen LogP contribution in [0.15, 0.2) is 70.4 Å². The summed E-state index contributed by atoms with van der Waals surface area (Å²) < 4.78 is 46.5. The van der Waals surface area contributed by atoms with Crippen LogP contribution in [0, 0.1) is 42.4 Å². The van der Waals surface area contributed by atoms with Crippen LogP contribution in [0.1, 0.15) is 137 Å². The van der Waals surface area contributed by atoms with Crippen molar-refractivity contribution in [2.75, 3.05) is 59.1 Å². The average Bonchev–Trinajstić information content (AvgIpc) is 1.56. The maximum Gasteiger partial charge on any atom is 0.410 e. The molecule has 528 valence electrons. The van der Waals surface area contributed by atoms with E-state index in [2.05, 4.69) is 34.4 Å². The minimum atomic E-state index is -2.07. The van der Waals surface area contributed by atoms with Gasteiger partial charge in [0.1, 0.15) is 70.0 Å². The van der Waals surface area contributed by atoms with E-state index in [0.29, 0.717) is 56.0 Å². The van der Waals surface area contributed by atoms with Gasteiger partial charge in [0.2, 0.25) is 12.7 Å². The Morgan fingerprint density at radius 1 is 0.866 bits per heavy atom. The number of esters is 3. The number of aliphatic hydroxyl groups excluding tert-OH is 1. The number of phenolic OH excluding ortho intramolecular Hbond substituents is 2. The first-order chi connectivity index (χ1) is 45.7. The monoisotopic (exact) mass is 1350 g/mol. The largest absolute Gasteiger partial charge is 0.507 e. The Bertz CT molecular complexity index is 3690. The highest BCUT2D eigenvalue weighted by atomic mass is 16.7. The van der Waals surface area contributed by atoms with Gasteiger partial charge in [-0.15, -0.1) is 0 Å². The number of nitrogens with zero attached hydrogens (tertiary/aromatic N) is 4. The number of aliphatic hydroxyl groups is 1. The van der Waals surface area contributed by atoms with Crippen molar-refractivity contribution in [1.29, 1.82) is 0 Å². The summed E-state index contributed by atoms with van der Waals surface area (Å²) in [5, 5.41) is 42.8. The van der Waals surface area contributed by atoms with Gasteiger partial charge in [0, 0.05) is 114 Å². The smallest absolute Gasteiger partial charge is 0.410 e. The molecule has 3 aromatic carbocycles. The fourth-order valence-corrected chi connectivity index (χ4v) is 12.9. The molecule has 0 saturated carbocycles.